The first-order valence-corrected chi connectivity index (χ1v) is 10.5. The summed E-state index contributed by atoms with van der Waals surface area (Å²) < 4.78 is 21.0. The van der Waals surface area contributed by atoms with E-state index in [0.29, 0.717) is 22.9 Å². The minimum absolute atomic E-state index is 0.136. The number of amides is 1. The number of phenols is 1. The van der Waals surface area contributed by atoms with E-state index in [1.165, 1.54) is 21.6 Å². The van der Waals surface area contributed by atoms with Gasteiger partial charge in [0.15, 0.2) is 11.4 Å². The van der Waals surface area contributed by atoms with Gasteiger partial charge in [-0.15, -0.1) is 0 Å². The molecule has 0 aliphatic heterocycles. The SMILES string of the molecule is CN(C)C(=O)C(C)(C)Oc1c2cc(Cc3ccc(F)cc3)cnc2c(O)c2c(O)n(C)cc12. The van der Waals surface area contributed by atoms with E-state index in [0.717, 1.165) is 11.1 Å². The lowest BCUT2D eigenvalue weighted by atomic mass is 10.0. The maximum absolute atomic E-state index is 13.3. The van der Waals surface area contributed by atoms with Crippen LogP contribution < -0.4 is 4.74 Å². The number of carbonyl (C=O) groups is 1. The molecule has 4 rings (SSSR count). The van der Waals surface area contributed by atoms with E-state index in [2.05, 4.69) is 4.98 Å². The first-order valence-electron chi connectivity index (χ1n) is 10.5. The third-order valence-electron chi connectivity index (χ3n) is 5.64. The van der Waals surface area contributed by atoms with Crippen molar-refractivity contribution in [1.82, 2.24) is 14.5 Å². The Kier molecular flexibility index (Phi) is 5.40. The van der Waals surface area contributed by atoms with Crippen molar-refractivity contribution in [2.75, 3.05) is 14.1 Å². The minimum Gasteiger partial charge on any atom is -0.505 e. The number of nitrogens with zero attached hydrogens (tertiary/aromatic N) is 3. The largest absolute Gasteiger partial charge is 0.505 e. The third-order valence-corrected chi connectivity index (χ3v) is 5.64. The number of aryl methyl sites for hydroxylation is 1. The Labute approximate surface area is 190 Å². The van der Waals surface area contributed by atoms with Crippen LogP contribution in [0.15, 0.2) is 42.7 Å². The summed E-state index contributed by atoms with van der Waals surface area (Å²) >= 11 is 0. The van der Waals surface area contributed by atoms with Crippen LogP contribution in [0.3, 0.4) is 0 Å². The van der Waals surface area contributed by atoms with Gasteiger partial charge in [0, 0.05) is 38.9 Å². The highest BCUT2D eigenvalue weighted by molar-refractivity contribution is 6.11. The number of benzene rings is 2. The molecule has 0 aliphatic rings. The Bertz CT molecular complexity index is 1370. The van der Waals surface area contributed by atoms with Crippen LogP contribution in [0.25, 0.3) is 21.7 Å². The van der Waals surface area contributed by atoms with Crippen LogP contribution in [0.4, 0.5) is 4.39 Å². The Balaban J connectivity index is 1.94. The van der Waals surface area contributed by atoms with Crippen LogP contribution in [-0.2, 0) is 18.3 Å². The minimum atomic E-state index is -1.22. The number of ether oxygens (including phenoxy) is 1. The molecular weight excluding hydrogens is 425 g/mol. The Morgan fingerprint density at radius 3 is 2.45 bits per heavy atom. The average Bonchev–Trinajstić information content (AvgIpc) is 3.06. The Hall–Kier alpha value is -3.81. The van der Waals surface area contributed by atoms with Crippen molar-refractivity contribution in [1.29, 1.82) is 0 Å². The molecule has 4 aromatic rings. The standard InChI is InChI=1S/C25H26FN3O4/c1-25(2,24(32)28(3)4)33-22-17-11-15(10-14-6-8-16(26)9-7-14)12-27-20(17)21(30)19-18(22)13-29(5)23(19)31/h6-9,11-13,30-31H,10H2,1-5H3. The lowest BCUT2D eigenvalue weighted by Crippen LogP contribution is -2.45. The highest BCUT2D eigenvalue weighted by Gasteiger charge is 2.34. The molecule has 0 spiro atoms. The average molecular weight is 451 g/mol. The third kappa shape index (κ3) is 3.92. The van der Waals surface area contributed by atoms with Crippen molar-refractivity contribution < 1.29 is 24.1 Å². The van der Waals surface area contributed by atoms with Gasteiger partial charge in [-0.2, -0.15) is 0 Å². The monoisotopic (exact) mass is 451 g/mol. The number of aromatic hydroxyl groups is 2. The Morgan fingerprint density at radius 2 is 1.82 bits per heavy atom. The van der Waals surface area contributed by atoms with Gasteiger partial charge in [0.2, 0.25) is 5.88 Å². The predicted octanol–water partition coefficient (Wildman–Crippen LogP) is 4.11. The first-order chi connectivity index (χ1) is 15.5. The molecule has 33 heavy (non-hydrogen) atoms. The molecule has 2 aromatic carbocycles. The topological polar surface area (TPSA) is 87.8 Å². The molecule has 0 atom stereocenters. The van der Waals surface area contributed by atoms with Gasteiger partial charge in [0.05, 0.1) is 10.8 Å². The van der Waals surface area contributed by atoms with Crippen LogP contribution in [0.1, 0.15) is 25.0 Å². The number of halogens is 1. The second-order valence-electron chi connectivity index (χ2n) is 8.88. The molecule has 2 aromatic heterocycles. The van der Waals surface area contributed by atoms with Gasteiger partial charge in [-0.1, -0.05) is 12.1 Å². The molecule has 7 nitrogen and oxygen atoms in total. The number of aromatic nitrogens is 2. The van der Waals surface area contributed by atoms with E-state index in [4.69, 9.17) is 4.74 Å². The molecular formula is C25H26FN3O4. The van der Waals surface area contributed by atoms with Crippen molar-refractivity contribution >= 4 is 27.6 Å². The number of fused-ring (bicyclic) bond motifs is 2. The van der Waals surface area contributed by atoms with Gasteiger partial charge in [-0.25, -0.2) is 4.39 Å². The summed E-state index contributed by atoms with van der Waals surface area (Å²) in [5, 5.41) is 22.6. The van der Waals surface area contributed by atoms with Gasteiger partial charge >= 0.3 is 0 Å². The molecule has 2 N–H and O–H groups in total. The van der Waals surface area contributed by atoms with Gasteiger partial charge in [0.25, 0.3) is 5.91 Å². The summed E-state index contributed by atoms with van der Waals surface area (Å²) in [4.78, 5) is 18.7. The summed E-state index contributed by atoms with van der Waals surface area (Å²) in [6, 6.07) is 8.03. The summed E-state index contributed by atoms with van der Waals surface area (Å²) in [6.07, 6.45) is 3.75. The van der Waals surface area contributed by atoms with E-state index in [1.807, 2.05) is 6.07 Å². The molecule has 0 aliphatic carbocycles. The highest BCUT2D eigenvalue weighted by atomic mass is 19.1. The molecule has 0 unspecified atom stereocenters. The molecule has 0 saturated heterocycles. The number of hydrogen-bond acceptors (Lipinski definition) is 5. The number of carbonyl (C=O) groups excluding carboxylic acids is 1. The van der Waals surface area contributed by atoms with Crippen molar-refractivity contribution in [2.45, 2.75) is 25.9 Å². The van der Waals surface area contributed by atoms with Gasteiger partial charge in [-0.3, -0.25) is 9.78 Å². The summed E-state index contributed by atoms with van der Waals surface area (Å²) in [7, 11) is 4.94. The maximum atomic E-state index is 13.3. The quantitative estimate of drug-likeness (QED) is 0.477. The zero-order valence-electron chi connectivity index (χ0n) is 19.2. The van der Waals surface area contributed by atoms with Gasteiger partial charge in [0.1, 0.15) is 17.1 Å². The molecule has 1 amide bonds. The van der Waals surface area contributed by atoms with Crippen molar-refractivity contribution in [3.05, 3.63) is 59.7 Å². The van der Waals surface area contributed by atoms with E-state index in [1.54, 1.807) is 59.5 Å². The second kappa shape index (κ2) is 7.95. The smallest absolute Gasteiger partial charge is 0.265 e. The molecule has 2 heterocycles. The second-order valence-corrected chi connectivity index (χ2v) is 8.88. The molecule has 0 saturated carbocycles. The van der Waals surface area contributed by atoms with Crippen LogP contribution in [0.2, 0.25) is 0 Å². The number of hydrogen-bond donors (Lipinski definition) is 2. The highest BCUT2D eigenvalue weighted by Crippen LogP contribution is 2.47. The van der Waals surface area contributed by atoms with Crippen LogP contribution in [-0.4, -0.2) is 50.3 Å². The Morgan fingerprint density at radius 1 is 1.15 bits per heavy atom. The lowest BCUT2D eigenvalue weighted by molar-refractivity contribution is -0.142. The molecule has 0 bridgehead atoms. The van der Waals surface area contributed by atoms with Crippen LogP contribution >= 0.6 is 0 Å². The summed E-state index contributed by atoms with van der Waals surface area (Å²) in [5.41, 5.74) is 0.731. The van der Waals surface area contributed by atoms with Crippen LogP contribution in [0.5, 0.6) is 17.4 Å². The number of pyridine rings is 1. The van der Waals surface area contributed by atoms with Crippen molar-refractivity contribution in [3.8, 4) is 17.4 Å². The van der Waals surface area contributed by atoms with E-state index in [-0.39, 0.29) is 34.3 Å². The van der Waals surface area contributed by atoms with Crippen molar-refractivity contribution in [2.24, 2.45) is 7.05 Å². The van der Waals surface area contributed by atoms with Crippen LogP contribution in [0, 0.1) is 5.82 Å². The fourth-order valence-corrected chi connectivity index (χ4v) is 4.04. The molecule has 0 radical (unpaired) electrons. The first kappa shape index (κ1) is 22.4. The fraction of sp³-hybridized carbons (Fsp3) is 0.280. The van der Waals surface area contributed by atoms with Gasteiger partial charge in [-0.05, 0) is 49.6 Å². The molecule has 0 fully saturated rings. The lowest BCUT2D eigenvalue weighted by Gasteiger charge is -2.29. The molecule has 8 heteroatoms. The summed E-state index contributed by atoms with van der Waals surface area (Å²) in [6.45, 7) is 3.33. The molecule has 172 valence electrons. The zero-order valence-corrected chi connectivity index (χ0v) is 19.2. The van der Waals surface area contributed by atoms with E-state index >= 15 is 0 Å². The van der Waals surface area contributed by atoms with Crippen molar-refractivity contribution in [3.63, 3.8) is 0 Å². The number of rotatable bonds is 5. The number of likely N-dealkylation sites (N-methyl/N-ethyl adjacent to an activating group) is 1. The normalized spacial score (nSPS) is 11.8. The maximum Gasteiger partial charge on any atom is 0.265 e. The summed E-state index contributed by atoms with van der Waals surface area (Å²) in [5.74, 6) is -0.524. The number of phenolic OH excluding ortho intramolecular Hbond substituents is 1. The van der Waals surface area contributed by atoms with E-state index < -0.39 is 5.60 Å². The zero-order chi connectivity index (χ0) is 24.1. The fourth-order valence-electron chi connectivity index (χ4n) is 4.04. The van der Waals surface area contributed by atoms with Gasteiger partial charge < -0.3 is 24.4 Å². The van der Waals surface area contributed by atoms with E-state index in [9.17, 15) is 19.4 Å². The predicted molar refractivity (Wildman–Crippen MR) is 124 cm³/mol.